The van der Waals surface area contributed by atoms with Crippen molar-refractivity contribution in [3.05, 3.63) is 34.3 Å². The number of nitrogens with one attached hydrogen (secondary N) is 2. The van der Waals surface area contributed by atoms with Crippen LogP contribution in [0, 0.1) is 5.41 Å². The number of rotatable bonds is 5. The molecule has 1 heterocycles. The number of benzene rings is 1. The Morgan fingerprint density at radius 1 is 1.36 bits per heavy atom. The number of piperidine rings is 1. The quantitative estimate of drug-likeness (QED) is 0.811. The SMILES string of the molecule is COCC1(C(=O)NC(C)c2ccc(Br)cc2)CCNCC1.Cl. The predicted octanol–water partition coefficient (Wildman–Crippen LogP) is 3.06. The van der Waals surface area contributed by atoms with Gasteiger partial charge in [-0.25, -0.2) is 0 Å². The first-order valence-corrected chi connectivity index (χ1v) is 8.13. The molecule has 2 N–H and O–H groups in total. The van der Waals surface area contributed by atoms with Crippen LogP contribution in [-0.4, -0.2) is 32.7 Å². The molecule has 0 spiro atoms. The lowest BCUT2D eigenvalue weighted by Crippen LogP contribution is -2.50. The minimum atomic E-state index is -0.399. The molecule has 1 aromatic rings. The number of hydrogen-bond acceptors (Lipinski definition) is 3. The zero-order chi connectivity index (χ0) is 15.3. The van der Waals surface area contributed by atoms with E-state index in [0.717, 1.165) is 36.0 Å². The van der Waals surface area contributed by atoms with Crippen LogP contribution in [0.1, 0.15) is 31.4 Å². The van der Waals surface area contributed by atoms with E-state index >= 15 is 0 Å². The topological polar surface area (TPSA) is 50.4 Å². The van der Waals surface area contributed by atoms with E-state index in [9.17, 15) is 4.79 Å². The normalized spacial score (nSPS) is 18.1. The van der Waals surface area contributed by atoms with Crippen molar-refractivity contribution in [2.45, 2.75) is 25.8 Å². The molecule has 0 saturated carbocycles. The largest absolute Gasteiger partial charge is 0.384 e. The third-order valence-corrected chi connectivity index (χ3v) is 4.71. The second-order valence-corrected chi connectivity index (χ2v) is 6.63. The summed E-state index contributed by atoms with van der Waals surface area (Å²) < 4.78 is 6.35. The van der Waals surface area contributed by atoms with Gasteiger partial charge < -0.3 is 15.4 Å². The van der Waals surface area contributed by atoms with Gasteiger partial charge in [-0.15, -0.1) is 12.4 Å². The van der Waals surface area contributed by atoms with Crippen molar-refractivity contribution in [3.8, 4) is 0 Å². The Hall–Kier alpha value is -0.620. The standard InChI is InChI=1S/C16H23BrN2O2.ClH/c1-12(13-3-5-14(17)6-4-13)19-15(20)16(11-21-2)7-9-18-10-8-16;/h3-6,12,18H,7-11H2,1-2H3,(H,19,20);1H. The lowest BCUT2D eigenvalue weighted by Gasteiger charge is -2.36. The molecular formula is C16H24BrClN2O2. The van der Waals surface area contributed by atoms with Crippen molar-refractivity contribution in [1.82, 2.24) is 10.6 Å². The van der Waals surface area contributed by atoms with Crippen molar-refractivity contribution in [2.75, 3.05) is 26.8 Å². The maximum absolute atomic E-state index is 12.7. The highest BCUT2D eigenvalue weighted by Gasteiger charge is 2.40. The third kappa shape index (κ3) is 4.69. The van der Waals surface area contributed by atoms with Crippen LogP contribution in [0.2, 0.25) is 0 Å². The summed E-state index contributed by atoms with van der Waals surface area (Å²) in [6.07, 6.45) is 1.64. The molecule has 6 heteroatoms. The maximum atomic E-state index is 12.7. The van der Waals surface area contributed by atoms with Gasteiger partial charge in [-0.1, -0.05) is 28.1 Å². The summed E-state index contributed by atoms with van der Waals surface area (Å²) in [6.45, 7) is 4.23. The molecule has 0 aromatic heterocycles. The molecule has 4 nitrogen and oxygen atoms in total. The van der Waals surface area contributed by atoms with E-state index in [1.807, 2.05) is 31.2 Å². The molecule has 1 amide bonds. The van der Waals surface area contributed by atoms with E-state index in [1.54, 1.807) is 7.11 Å². The van der Waals surface area contributed by atoms with Gasteiger partial charge in [0.25, 0.3) is 0 Å². The highest BCUT2D eigenvalue weighted by molar-refractivity contribution is 9.10. The number of carbonyl (C=O) groups is 1. The van der Waals surface area contributed by atoms with Crippen LogP contribution in [0.3, 0.4) is 0 Å². The number of ether oxygens (including phenoxy) is 1. The minimum absolute atomic E-state index is 0. The summed E-state index contributed by atoms with van der Waals surface area (Å²) in [5.74, 6) is 0.0984. The lowest BCUT2D eigenvalue weighted by atomic mass is 9.78. The fourth-order valence-corrected chi connectivity index (χ4v) is 3.07. The fraction of sp³-hybridized carbons (Fsp3) is 0.562. The van der Waals surface area contributed by atoms with Gasteiger partial charge in [-0.2, -0.15) is 0 Å². The summed E-state index contributed by atoms with van der Waals surface area (Å²) in [4.78, 5) is 12.7. The smallest absolute Gasteiger partial charge is 0.229 e. The van der Waals surface area contributed by atoms with Gasteiger partial charge in [0.2, 0.25) is 5.91 Å². The Morgan fingerprint density at radius 2 is 1.95 bits per heavy atom. The Kier molecular flexibility index (Phi) is 7.83. The first-order valence-electron chi connectivity index (χ1n) is 7.33. The highest BCUT2D eigenvalue weighted by atomic mass is 79.9. The van der Waals surface area contributed by atoms with E-state index in [1.165, 1.54) is 0 Å². The molecule has 2 rings (SSSR count). The van der Waals surface area contributed by atoms with E-state index in [-0.39, 0.29) is 24.4 Å². The first kappa shape index (κ1) is 19.4. The molecule has 22 heavy (non-hydrogen) atoms. The Labute approximate surface area is 146 Å². The molecule has 0 bridgehead atoms. The number of methoxy groups -OCH3 is 1. The molecule has 1 aliphatic heterocycles. The van der Waals surface area contributed by atoms with Gasteiger partial charge >= 0.3 is 0 Å². The van der Waals surface area contributed by atoms with Crippen LogP contribution < -0.4 is 10.6 Å². The molecule has 1 atom stereocenters. The zero-order valence-corrected chi connectivity index (χ0v) is 15.4. The monoisotopic (exact) mass is 390 g/mol. The Morgan fingerprint density at radius 3 is 2.50 bits per heavy atom. The average Bonchev–Trinajstić information content (AvgIpc) is 2.49. The number of halogens is 2. The lowest BCUT2D eigenvalue weighted by molar-refractivity contribution is -0.136. The van der Waals surface area contributed by atoms with Crippen LogP contribution in [-0.2, 0) is 9.53 Å². The van der Waals surface area contributed by atoms with Crippen molar-refractivity contribution in [1.29, 1.82) is 0 Å². The third-order valence-electron chi connectivity index (χ3n) is 4.18. The van der Waals surface area contributed by atoms with Crippen molar-refractivity contribution in [3.63, 3.8) is 0 Å². The van der Waals surface area contributed by atoms with Gasteiger partial charge in [0.1, 0.15) is 0 Å². The number of hydrogen-bond donors (Lipinski definition) is 2. The molecule has 0 radical (unpaired) electrons. The van der Waals surface area contributed by atoms with Crippen molar-refractivity contribution in [2.24, 2.45) is 5.41 Å². The molecular weight excluding hydrogens is 368 g/mol. The highest BCUT2D eigenvalue weighted by Crippen LogP contribution is 2.30. The second kappa shape index (κ2) is 8.87. The van der Waals surface area contributed by atoms with E-state index in [4.69, 9.17) is 4.74 Å². The van der Waals surface area contributed by atoms with E-state index < -0.39 is 5.41 Å². The molecule has 1 saturated heterocycles. The second-order valence-electron chi connectivity index (χ2n) is 5.71. The number of amides is 1. The summed E-state index contributed by atoms with van der Waals surface area (Å²) in [6, 6.07) is 8.04. The summed E-state index contributed by atoms with van der Waals surface area (Å²) >= 11 is 3.43. The Bertz CT molecular complexity index is 470. The zero-order valence-electron chi connectivity index (χ0n) is 13.0. The predicted molar refractivity (Wildman–Crippen MR) is 94.4 cm³/mol. The van der Waals surface area contributed by atoms with E-state index in [0.29, 0.717) is 6.61 Å². The summed E-state index contributed by atoms with van der Waals surface area (Å²) in [5.41, 5.74) is 0.705. The first-order chi connectivity index (χ1) is 10.1. The van der Waals surface area contributed by atoms with Crippen LogP contribution in [0.15, 0.2) is 28.7 Å². The van der Waals surface area contributed by atoms with E-state index in [2.05, 4.69) is 26.6 Å². The van der Waals surface area contributed by atoms with Crippen molar-refractivity contribution < 1.29 is 9.53 Å². The van der Waals surface area contributed by atoms with Crippen LogP contribution >= 0.6 is 28.3 Å². The maximum Gasteiger partial charge on any atom is 0.229 e. The number of carbonyl (C=O) groups excluding carboxylic acids is 1. The summed E-state index contributed by atoms with van der Waals surface area (Å²) in [7, 11) is 1.66. The van der Waals surface area contributed by atoms with Gasteiger partial charge in [-0.05, 0) is 50.6 Å². The summed E-state index contributed by atoms with van der Waals surface area (Å²) in [5, 5.41) is 6.45. The fourth-order valence-electron chi connectivity index (χ4n) is 2.80. The van der Waals surface area contributed by atoms with Gasteiger partial charge in [-0.3, -0.25) is 4.79 Å². The molecule has 1 unspecified atom stereocenters. The van der Waals surface area contributed by atoms with Crippen LogP contribution in [0.4, 0.5) is 0 Å². The van der Waals surface area contributed by atoms with Gasteiger partial charge in [0.15, 0.2) is 0 Å². The molecule has 0 aliphatic carbocycles. The van der Waals surface area contributed by atoms with Crippen molar-refractivity contribution >= 4 is 34.2 Å². The molecule has 124 valence electrons. The van der Waals surface area contributed by atoms with Crippen LogP contribution in [0.5, 0.6) is 0 Å². The minimum Gasteiger partial charge on any atom is -0.384 e. The van der Waals surface area contributed by atoms with Crippen LogP contribution in [0.25, 0.3) is 0 Å². The molecule has 1 fully saturated rings. The molecule has 1 aromatic carbocycles. The Balaban J connectivity index is 0.00000242. The average molecular weight is 392 g/mol. The van der Waals surface area contributed by atoms with Gasteiger partial charge in [0, 0.05) is 11.6 Å². The molecule has 1 aliphatic rings. The van der Waals surface area contributed by atoms with Gasteiger partial charge in [0.05, 0.1) is 18.1 Å².